The smallest absolute Gasteiger partial charge is 0.238 e. The molecule has 0 fully saturated rings. The second-order valence-electron chi connectivity index (χ2n) is 5.27. The molecule has 5 heteroatoms. The van der Waals surface area contributed by atoms with Gasteiger partial charge in [-0.2, -0.15) is 0 Å². The Hall–Kier alpha value is -1.85. The maximum Gasteiger partial charge on any atom is 0.238 e. The van der Waals surface area contributed by atoms with Gasteiger partial charge < -0.3 is 15.4 Å². The van der Waals surface area contributed by atoms with Gasteiger partial charge in [0.15, 0.2) is 0 Å². The Labute approximate surface area is 145 Å². The lowest BCUT2D eigenvalue weighted by atomic mass is 10.1. The third kappa shape index (κ3) is 5.37. The zero-order chi connectivity index (χ0) is 16.7. The summed E-state index contributed by atoms with van der Waals surface area (Å²) >= 11 is 3.45. The molecule has 2 rings (SSSR count). The number of ether oxygens (including phenoxy) is 1. The van der Waals surface area contributed by atoms with Crippen molar-refractivity contribution in [3.05, 3.63) is 58.1 Å². The summed E-state index contributed by atoms with van der Waals surface area (Å²) in [5, 5.41) is 6.04. The van der Waals surface area contributed by atoms with E-state index in [0.717, 1.165) is 33.5 Å². The quantitative estimate of drug-likeness (QED) is 0.726. The summed E-state index contributed by atoms with van der Waals surface area (Å²) in [6.07, 6.45) is 0.811. The number of hydrogen-bond acceptors (Lipinski definition) is 3. The van der Waals surface area contributed by atoms with Gasteiger partial charge in [-0.25, -0.2) is 0 Å². The zero-order valence-electron chi connectivity index (χ0n) is 13.4. The second-order valence-corrected chi connectivity index (χ2v) is 6.12. The van der Waals surface area contributed by atoms with E-state index in [0.29, 0.717) is 6.54 Å². The van der Waals surface area contributed by atoms with E-state index in [1.54, 1.807) is 7.11 Å². The Kier molecular flexibility index (Phi) is 6.62. The highest BCUT2D eigenvalue weighted by atomic mass is 79.9. The molecule has 0 bridgehead atoms. The molecule has 2 aromatic rings. The van der Waals surface area contributed by atoms with Crippen molar-refractivity contribution in [2.45, 2.75) is 13.3 Å². The minimum atomic E-state index is -0.0606. The molecule has 0 heterocycles. The van der Waals surface area contributed by atoms with Crippen LogP contribution in [0.25, 0.3) is 0 Å². The SMILES string of the molecule is COc1ccccc1CCNCC(=O)Nc1ccc(C)cc1Br. The molecule has 0 spiro atoms. The summed E-state index contributed by atoms with van der Waals surface area (Å²) in [4.78, 5) is 12.0. The maximum absolute atomic E-state index is 12.0. The first-order valence-corrected chi connectivity index (χ1v) is 8.28. The average Bonchev–Trinajstić information content (AvgIpc) is 2.54. The third-order valence-electron chi connectivity index (χ3n) is 3.45. The van der Waals surface area contributed by atoms with Gasteiger partial charge in [0.05, 0.1) is 19.3 Å². The largest absolute Gasteiger partial charge is 0.496 e. The molecule has 0 saturated heterocycles. The number of rotatable bonds is 7. The summed E-state index contributed by atoms with van der Waals surface area (Å²) in [5.74, 6) is 0.817. The van der Waals surface area contributed by atoms with E-state index in [1.165, 1.54) is 0 Å². The molecule has 0 aliphatic carbocycles. The first-order valence-electron chi connectivity index (χ1n) is 7.49. The molecule has 0 aliphatic rings. The molecule has 23 heavy (non-hydrogen) atoms. The Morgan fingerprint density at radius 3 is 2.74 bits per heavy atom. The molecular formula is C18H21BrN2O2. The Balaban J connectivity index is 1.76. The van der Waals surface area contributed by atoms with Crippen LogP contribution in [0.3, 0.4) is 0 Å². The summed E-state index contributed by atoms with van der Waals surface area (Å²) in [6, 6.07) is 13.7. The number of amides is 1. The molecule has 4 nitrogen and oxygen atoms in total. The molecule has 2 N–H and O–H groups in total. The topological polar surface area (TPSA) is 50.4 Å². The van der Waals surface area contributed by atoms with Crippen molar-refractivity contribution < 1.29 is 9.53 Å². The lowest BCUT2D eigenvalue weighted by molar-refractivity contribution is -0.115. The highest BCUT2D eigenvalue weighted by molar-refractivity contribution is 9.10. The Morgan fingerprint density at radius 1 is 1.22 bits per heavy atom. The molecule has 0 saturated carbocycles. The molecule has 0 aliphatic heterocycles. The molecule has 2 aromatic carbocycles. The standard InChI is InChI=1S/C18H21BrN2O2/c1-13-7-8-16(15(19)11-13)21-18(22)12-20-10-9-14-5-3-4-6-17(14)23-2/h3-8,11,20H,9-10,12H2,1-2H3,(H,21,22). The third-order valence-corrected chi connectivity index (χ3v) is 4.10. The molecule has 122 valence electrons. The van der Waals surface area contributed by atoms with Gasteiger partial charge in [-0.1, -0.05) is 24.3 Å². The van der Waals surface area contributed by atoms with E-state index in [4.69, 9.17) is 4.74 Å². The van der Waals surface area contributed by atoms with Crippen LogP contribution < -0.4 is 15.4 Å². The minimum absolute atomic E-state index is 0.0606. The predicted octanol–water partition coefficient (Wildman–Crippen LogP) is 3.54. The number of aryl methyl sites for hydroxylation is 1. The van der Waals surface area contributed by atoms with Crippen molar-refractivity contribution >= 4 is 27.5 Å². The van der Waals surface area contributed by atoms with Gasteiger partial charge in [0.2, 0.25) is 5.91 Å². The number of halogens is 1. The Morgan fingerprint density at radius 2 is 2.00 bits per heavy atom. The first kappa shape index (κ1) is 17.5. The van der Waals surface area contributed by atoms with Crippen LogP contribution in [0.5, 0.6) is 5.75 Å². The fourth-order valence-corrected chi connectivity index (χ4v) is 2.84. The second kappa shape index (κ2) is 8.70. The minimum Gasteiger partial charge on any atom is -0.496 e. The van der Waals surface area contributed by atoms with E-state index in [2.05, 4.69) is 26.6 Å². The van der Waals surface area contributed by atoms with Crippen LogP contribution in [0, 0.1) is 6.92 Å². The van der Waals surface area contributed by atoms with Gasteiger partial charge in [0.1, 0.15) is 5.75 Å². The summed E-state index contributed by atoms with van der Waals surface area (Å²) in [7, 11) is 1.67. The van der Waals surface area contributed by atoms with E-state index < -0.39 is 0 Å². The number of benzene rings is 2. The number of methoxy groups -OCH3 is 1. The van der Waals surface area contributed by atoms with Gasteiger partial charge in [-0.3, -0.25) is 4.79 Å². The number of carbonyl (C=O) groups is 1. The van der Waals surface area contributed by atoms with Crippen molar-refractivity contribution in [1.82, 2.24) is 5.32 Å². The summed E-state index contributed by atoms with van der Waals surface area (Å²) < 4.78 is 6.20. The van der Waals surface area contributed by atoms with Crippen molar-refractivity contribution in [2.75, 3.05) is 25.5 Å². The highest BCUT2D eigenvalue weighted by Gasteiger charge is 2.06. The summed E-state index contributed by atoms with van der Waals surface area (Å²) in [5.41, 5.74) is 3.06. The number of carbonyl (C=O) groups excluding carboxylic acids is 1. The van der Waals surface area contributed by atoms with Gasteiger partial charge >= 0.3 is 0 Å². The molecule has 0 atom stereocenters. The lowest BCUT2D eigenvalue weighted by Gasteiger charge is -2.10. The number of para-hydroxylation sites is 1. The van der Waals surface area contributed by atoms with Crippen molar-refractivity contribution in [3.63, 3.8) is 0 Å². The summed E-state index contributed by atoms with van der Waals surface area (Å²) in [6.45, 7) is 2.99. The van der Waals surface area contributed by atoms with Crippen LogP contribution in [0.15, 0.2) is 46.9 Å². The molecule has 0 aromatic heterocycles. The average molecular weight is 377 g/mol. The van der Waals surface area contributed by atoms with Crippen LogP contribution in [0.4, 0.5) is 5.69 Å². The van der Waals surface area contributed by atoms with Gasteiger partial charge in [0, 0.05) is 4.47 Å². The lowest BCUT2D eigenvalue weighted by Crippen LogP contribution is -2.29. The predicted molar refractivity (Wildman–Crippen MR) is 97.1 cm³/mol. The van der Waals surface area contributed by atoms with E-state index in [-0.39, 0.29) is 12.5 Å². The number of nitrogens with one attached hydrogen (secondary N) is 2. The normalized spacial score (nSPS) is 10.4. The highest BCUT2D eigenvalue weighted by Crippen LogP contribution is 2.23. The van der Waals surface area contributed by atoms with Gasteiger partial charge in [-0.05, 0) is 65.1 Å². The van der Waals surface area contributed by atoms with Crippen LogP contribution in [0.1, 0.15) is 11.1 Å². The van der Waals surface area contributed by atoms with Crippen LogP contribution in [-0.2, 0) is 11.2 Å². The Bertz CT molecular complexity index is 674. The first-order chi connectivity index (χ1) is 11.1. The van der Waals surface area contributed by atoms with Crippen LogP contribution in [0.2, 0.25) is 0 Å². The number of hydrogen-bond donors (Lipinski definition) is 2. The molecular weight excluding hydrogens is 356 g/mol. The molecule has 1 amide bonds. The monoisotopic (exact) mass is 376 g/mol. The van der Waals surface area contributed by atoms with E-state index in [9.17, 15) is 4.79 Å². The van der Waals surface area contributed by atoms with Gasteiger partial charge in [-0.15, -0.1) is 0 Å². The van der Waals surface area contributed by atoms with E-state index in [1.807, 2.05) is 49.4 Å². The van der Waals surface area contributed by atoms with Crippen molar-refractivity contribution in [2.24, 2.45) is 0 Å². The molecule has 0 radical (unpaired) electrons. The van der Waals surface area contributed by atoms with Crippen LogP contribution in [-0.4, -0.2) is 26.1 Å². The molecule has 0 unspecified atom stereocenters. The van der Waals surface area contributed by atoms with Crippen LogP contribution >= 0.6 is 15.9 Å². The fraction of sp³-hybridized carbons (Fsp3) is 0.278. The zero-order valence-corrected chi connectivity index (χ0v) is 14.9. The van der Waals surface area contributed by atoms with Crippen molar-refractivity contribution in [1.29, 1.82) is 0 Å². The van der Waals surface area contributed by atoms with Gasteiger partial charge in [0.25, 0.3) is 0 Å². The van der Waals surface area contributed by atoms with Crippen molar-refractivity contribution in [3.8, 4) is 5.75 Å². The van der Waals surface area contributed by atoms with E-state index >= 15 is 0 Å². The fourth-order valence-electron chi connectivity index (χ4n) is 2.25. The maximum atomic E-state index is 12.0. The number of anilines is 1.